The van der Waals surface area contributed by atoms with Crippen molar-refractivity contribution < 1.29 is 9.15 Å². The molecule has 134 valence electrons. The van der Waals surface area contributed by atoms with Crippen molar-refractivity contribution in [2.45, 2.75) is 25.7 Å². The van der Waals surface area contributed by atoms with E-state index in [9.17, 15) is 0 Å². The second-order valence-electron chi connectivity index (χ2n) is 6.75. The van der Waals surface area contributed by atoms with E-state index in [1.54, 1.807) is 0 Å². The second kappa shape index (κ2) is 7.75. The van der Waals surface area contributed by atoms with Crippen LogP contribution in [0.5, 0.6) is 5.75 Å². The quantitative estimate of drug-likeness (QED) is 0.719. The summed E-state index contributed by atoms with van der Waals surface area (Å²) < 4.78 is 11.8. The number of benzene rings is 2. The summed E-state index contributed by atoms with van der Waals surface area (Å²) in [7, 11) is 0. The van der Waals surface area contributed by atoms with Crippen molar-refractivity contribution in [3.05, 3.63) is 71.6 Å². The van der Waals surface area contributed by atoms with Crippen LogP contribution in [0.1, 0.15) is 29.4 Å². The van der Waals surface area contributed by atoms with E-state index in [0.29, 0.717) is 18.4 Å². The van der Waals surface area contributed by atoms with Crippen molar-refractivity contribution in [2.75, 3.05) is 19.7 Å². The fraction of sp³-hybridized carbons (Fsp3) is 0.318. The monoisotopic (exact) mass is 348 g/mol. The van der Waals surface area contributed by atoms with Crippen LogP contribution in [-0.4, -0.2) is 24.7 Å². The van der Waals surface area contributed by atoms with Gasteiger partial charge in [0.2, 0.25) is 5.89 Å². The van der Waals surface area contributed by atoms with Crippen molar-refractivity contribution in [1.82, 2.24) is 10.3 Å². The molecule has 0 saturated carbocycles. The molecule has 26 heavy (non-hydrogen) atoms. The molecule has 0 aliphatic carbocycles. The molecule has 0 spiro atoms. The van der Waals surface area contributed by atoms with Gasteiger partial charge in [0.1, 0.15) is 11.5 Å². The zero-order valence-corrected chi connectivity index (χ0v) is 15.1. The van der Waals surface area contributed by atoms with Gasteiger partial charge in [-0.2, -0.15) is 0 Å². The van der Waals surface area contributed by atoms with E-state index in [1.165, 1.54) is 12.0 Å². The average Bonchev–Trinajstić information content (AvgIpc) is 3.33. The Morgan fingerprint density at radius 3 is 2.85 bits per heavy atom. The Morgan fingerprint density at radius 2 is 2.04 bits per heavy atom. The standard InChI is InChI=1S/C22H24N2O2/c1-16-21(24-22(26-16)17-6-3-2-4-7-17)11-13-25-20-9-5-8-18(14-20)19-10-12-23-15-19/h2-9,14,19,23H,10-13,15H2,1H3/t19-/m0/s1. The van der Waals surface area contributed by atoms with Crippen LogP contribution < -0.4 is 10.1 Å². The van der Waals surface area contributed by atoms with Crippen molar-refractivity contribution in [3.8, 4) is 17.2 Å². The highest BCUT2D eigenvalue weighted by molar-refractivity contribution is 5.53. The van der Waals surface area contributed by atoms with Crippen LogP contribution in [0.2, 0.25) is 0 Å². The molecule has 1 aliphatic heterocycles. The number of aromatic nitrogens is 1. The summed E-state index contributed by atoms with van der Waals surface area (Å²) in [5.74, 6) is 3.07. The lowest BCUT2D eigenvalue weighted by atomic mass is 9.98. The molecular formula is C22H24N2O2. The lowest BCUT2D eigenvalue weighted by Gasteiger charge is -2.11. The number of ether oxygens (including phenoxy) is 1. The molecule has 1 N–H and O–H groups in total. The molecule has 1 aromatic heterocycles. The van der Waals surface area contributed by atoms with Gasteiger partial charge in [-0.05, 0) is 55.6 Å². The topological polar surface area (TPSA) is 47.3 Å². The van der Waals surface area contributed by atoms with Gasteiger partial charge in [0.25, 0.3) is 0 Å². The first-order chi connectivity index (χ1) is 12.8. The largest absolute Gasteiger partial charge is 0.493 e. The van der Waals surface area contributed by atoms with Gasteiger partial charge in [-0.1, -0.05) is 30.3 Å². The maximum Gasteiger partial charge on any atom is 0.226 e. The summed E-state index contributed by atoms with van der Waals surface area (Å²) in [6.45, 7) is 4.71. The molecule has 0 bridgehead atoms. The smallest absolute Gasteiger partial charge is 0.226 e. The minimum atomic E-state index is 0.591. The highest BCUT2D eigenvalue weighted by Crippen LogP contribution is 2.26. The summed E-state index contributed by atoms with van der Waals surface area (Å²) >= 11 is 0. The minimum Gasteiger partial charge on any atom is -0.493 e. The van der Waals surface area contributed by atoms with E-state index >= 15 is 0 Å². The summed E-state index contributed by atoms with van der Waals surface area (Å²) in [6.07, 6.45) is 1.93. The van der Waals surface area contributed by atoms with E-state index in [1.807, 2.05) is 43.3 Å². The van der Waals surface area contributed by atoms with Gasteiger partial charge in [-0.3, -0.25) is 0 Å². The molecule has 1 saturated heterocycles. The summed E-state index contributed by atoms with van der Waals surface area (Å²) in [5, 5.41) is 3.42. The SMILES string of the molecule is Cc1oc(-c2ccccc2)nc1CCOc1cccc([C@H]2CCNC2)c1. The van der Waals surface area contributed by atoms with E-state index < -0.39 is 0 Å². The molecule has 0 amide bonds. The van der Waals surface area contributed by atoms with Crippen LogP contribution in [0.4, 0.5) is 0 Å². The lowest BCUT2D eigenvalue weighted by Crippen LogP contribution is -2.08. The molecule has 0 unspecified atom stereocenters. The molecule has 2 aromatic carbocycles. The number of hydrogen-bond acceptors (Lipinski definition) is 4. The van der Waals surface area contributed by atoms with Gasteiger partial charge in [0, 0.05) is 18.5 Å². The zero-order valence-electron chi connectivity index (χ0n) is 15.1. The summed E-state index contributed by atoms with van der Waals surface area (Å²) in [4.78, 5) is 4.64. The van der Waals surface area contributed by atoms with Crippen LogP contribution in [0.25, 0.3) is 11.5 Å². The zero-order chi connectivity index (χ0) is 17.8. The van der Waals surface area contributed by atoms with Crippen molar-refractivity contribution in [3.63, 3.8) is 0 Å². The average molecular weight is 348 g/mol. The number of rotatable bonds is 6. The third-order valence-corrected chi connectivity index (χ3v) is 4.91. The maximum atomic E-state index is 5.98. The van der Waals surface area contributed by atoms with Crippen molar-refractivity contribution in [2.24, 2.45) is 0 Å². The van der Waals surface area contributed by atoms with Crippen LogP contribution in [0.3, 0.4) is 0 Å². The lowest BCUT2D eigenvalue weighted by molar-refractivity contribution is 0.319. The first kappa shape index (κ1) is 16.9. The number of aryl methyl sites for hydroxylation is 1. The van der Waals surface area contributed by atoms with Crippen LogP contribution >= 0.6 is 0 Å². The fourth-order valence-electron chi connectivity index (χ4n) is 3.43. The van der Waals surface area contributed by atoms with Gasteiger partial charge in [0.15, 0.2) is 0 Å². The Morgan fingerprint density at radius 1 is 1.15 bits per heavy atom. The third kappa shape index (κ3) is 3.81. The molecule has 1 fully saturated rings. The van der Waals surface area contributed by atoms with E-state index in [-0.39, 0.29) is 0 Å². The maximum absolute atomic E-state index is 5.98. The van der Waals surface area contributed by atoms with Crippen molar-refractivity contribution >= 4 is 0 Å². The molecular weight excluding hydrogens is 324 g/mol. The molecule has 1 aliphatic rings. The van der Waals surface area contributed by atoms with Gasteiger partial charge in [-0.15, -0.1) is 0 Å². The molecule has 1 atom stereocenters. The normalized spacial score (nSPS) is 16.7. The summed E-state index contributed by atoms with van der Waals surface area (Å²) in [5.41, 5.74) is 3.32. The number of hydrogen-bond donors (Lipinski definition) is 1. The molecule has 4 heteroatoms. The van der Waals surface area contributed by atoms with Crippen molar-refractivity contribution in [1.29, 1.82) is 0 Å². The van der Waals surface area contributed by atoms with Crippen LogP contribution in [0.15, 0.2) is 59.0 Å². The van der Waals surface area contributed by atoms with Gasteiger partial charge in [0.05, 0.1) is 12.3 Å². The Kier molecular flexibility index (Phi) is 5.02. The first-order valence-electron chi connectivity index (χ1n) is 9.25. The molecule has 0 radical (unpaired) electrons. The van der Waals surface area contributed by atoms with Gasteiger partial charge < -0.3 is 14.5 Å². The first-order valence-corrected chi connectivity index (χ1v) is 9.25. The number of nitrogens with zero attached hydrogens (tertiary/aromatic N) is 1. The molecule has 4 nitrogen and oxygen atoms in total. The Balaban J connectivity index is 1.38. The number of nitrogens with one attached hydrogen (secondary N) is 1. The molecule has 4 rings (SSSR count). The Labute approximate surface area is 154 Å². The minimum absolute atomic E-state index is 0.591. The van der Waals surface area contributed by atoms with Crippen LogP contribution in [-0.2, 0) is 6.42 Å². The fourth-order valence-corrected chi connectivity index (χ4v) is 3.43. The summed E-state index contributed by atoms with van der Waals surface area (Å²) in [6, 6.07) is 18.5. The highest BCUT2D eigenvalue weighted by Gasteiger charge is 2.17. The van der Waals surface area contributed by atoms with Crippen LogP contribution in [0, 0.1) is 6.92 Å². The molecule has 2 heterocycles. The van der Waals surface area contributed by atoms with E-state index in [4.69, 9.17) is 9.15 Å². The van der Waals surface area contributed by atoms with E-state index in [0.717, 1.165) is 42.3 Å². The highest BCUT2D eigenvalue weighted by atomic mass is 16.5. The third-order valence-electron chi connectivity index (χ3n) is 4.91. The Bertz CT molecular complexity index is 852. The van der Waals surface area contributed by atoms with Gasteiger partial charge in [-0.25, -0.2) is 4.98 Å². The number of oxazole rings is 1. The predicted molar refractivity (Wildman–Crippen MR) is 103 cm³/mol. The van der Waals surface area contributed by atoms with Gasteiger partial charge >= 0.3 is 0 Å². The molecule has 3 aromatic rings. The Hall–Kier alpha value is -2.59. The second-order valence-corrected chi connectivity index (χ2v) is 6.75. The predicted octanol–water partition coefficient (Wildman–Crippen LogP) is 4.35. The van der Waals surface area contributed by atoms with E-state index in [2.05, 4.69) is 28.5 Å².